The zero-order valence-corrected chi connectivity index (χ0v) is 13.8. The molecule has 7 nitrogen and oxygen atoms in total. The molecule has 0 spiro atoms. The standard InChI is InChI=1S/C16H22N4O3/c1-18-12-13(19(2)16(22)20(3)14(12)21)17-15(18)23-8-11-7-9-4-5-10(11)6-9/h9-11H,4-8H2,1-3H3/t9-,10-,11+/m1/s1. The van der Waals surface area contributed by atoms with E-state index >= 15 is 0 Å². The van der Waals surface area contributed by atoms with Crippen LogP contribution in [0.4, 0.5) is 0 Å². The third-order valence-corrected chi connectivity index (χ3v) is 5.75. The summed E-state index contributed by atoms with van der Waals surface area (Å²) in [4.78, 5) is 28.7. The van der Waals surface area contributed by atoms with Crippen LogP contribution < -0.4 is 16.0 Å². The largest absolute Gasteiger partial charge is 0.464 e. The molecule has 2 bridgehead atoms. The Morgan fingerprint density at radius 2 is 1.87 bits per heavy atom. The van der Waals surface area contributed by atoms with E-state index in [-0.39, 0.29) is 11.2 Å². The quantitative estimate of drug-likeness (QED) is 0.839. The summed E-state index contributed by atoms with van der Waals surface area (Å²) in [5, 5.41) is 0. The van der Waals surface area contributed by atoms with Crippen LogP contribution in [0.25, 0.3) is 11.2 Å². The summed E-state index contributed by atoms with van der Waals surface area (Å²) >= 11 is 0. The molecule has 2 aliphatic rings. The number of imidazole rings is 1. The monoisotopic (exact) mass is 318 g/mol. The van der Waals surface area contributed by atoms with Crippen molar-refractivity contribution < 1.29 is 4.74 Å². The van der Waals surface area contributed by atoms with Gasteiger partial charge in [-0.1, -0.05) is 6.42 Å². The van der Waals surface area contributed by atoms with Gasteiger partial charge in [0.1, 0.15) is 0 Å². The van der Waals surface area contributed by atoms with E-state index < -0.39 is 0 Å². The molecule has 0 radical (unpaired) electrons. The van der Waals surface area contributed by atoms with Crippen molar-refractivity contribution in [2.45, 2.75) is 25.7 Å². The second-order valence-electron chi connectivity index (χ2n) is 7.08. The lowest BCUT2D eigenvalue weighted by Crippen LogP contribution is -2.37. The fraction of sp³-hybridized carbons (Fsp3) is 0.688. The van der Waals surface area contributed by atoms with E-state index in [1.807, 2.05) is 0 Å². The predicted octanol–water partition coefficient (Wildman–Crippen LogP) is 0.786. The number of hydrogen-bond acceptors (Lipinski definition) is 4. The predicted molar refractivity (Wildman–Crippen MR) is 85.6 cm³/mol. The van der Waals surface area contributed by atoms with Gasteiger partial charge >= 0.3 is 5.69 Å². The van der Waals surface area contributed by atoms with Crippen LogP contribution in [-0.2, 0) is 21.1 Å². The van der Waals surface area contributed by atoms with Crippen molar-refractivity contribution >= 4 is 11.2 Å². The number of rotatable bonds is 3. The molecular weight excluding hydrogens is 296 g/mol. The number of hydrogen-bond donors (Lipinski definition) is 0. The maximum Gasteiger partial charge on any atom is 0.332 e. The van der Waals surface area contributed by atoms with Crippen LogP contribution in [0.5, 0.6) is 6.01 Å². The normalized spacial score (nSPS) is 26.3. The Morgan fingerprint density at radius 1 is 1.09 bits per heavy atom. The van der Waals surface area contributed by atoms with Gasteiger partial charge in [0.2, 0.25) is 0 Å². The van der Waals surface area contributed by atoms with E-state index in [9.17, 15) is 9.59 Å². The molecule has 0 unspecified atom stereocenters. The lowest BCUT2D eigenvalue weighted by Gasteiger charge is -2.21. The van der Waals surface area contributed by atoms with E-state index in [1.54, 1.807) is 18.7 Å². The number of ether oxygens (including phenoxy) is 1. The maximum atomic E-state index is 12.3. The van der Waals surface area contributed by atoms with Gasteiger partial charge in [-0.25, -0.2) is 4.79 Å². The van der Waals surface area contributed by atoms with E-state index in [0.29, 0.717) is 29.7 Å². The molecular formula is C16H22N4O3. The molecule has 23 heavy (non-hydrogen) atoms. The van der Waals surface area contributed by atoms with Gasteiger partial charge < -0.3 is 4.74 Å². The van der Waals surface area contributed by atoms with E-state index in [4.69, 9.17) is 4.74 Å². The summed E-state index contributed by atoms with van der Waals surface area (Å²) < 4.78 is 10.1. The molecule has 2 aliphatic carbocycles. The molecule has 2 heterocycles. The van der Waals surface area contributed by atoms with Crippen LogP contribution in [0, 0.1) is 17.8 Å². The Hall–Kier alpha value is -2.05. The third kappa shape index (κ3) is 2.05. The first kappa shape index (κ1) is 14.5. The fourth-order valence-corrected chi connectivity index (χ4v) is 4.39. The highest BCUT2D eigenvalue weighted by Crippen LogP contribution is 2.48. The Kier molecular flexibility index (Phi) is 3.14. The smallest absolute Gasteiger partial charge is 0.332 e. The molecule has 2 aromatic rings. The molecule has 4 rings (SSSR count). The van der Waals surface area contributed by atoms with Crippen molar-refractivity contribution in [3.63, 3.8) is 0 Å². The van der Waals surface area contributed by atoms with Crippen LogP contribution in [-0.4, -0.2) is 25.3 Å². The molecule has 0 aliphatic heterocycles. The van der Waals surface area contributed by atoms with E-state index in [0.717, 1.165) is 16.4 Å². The SMILES string of the molecule is Cn1c(=O)c2c(nc(OC[C@@H]3C[C@@H]4CC[C@@H]3C4)n2C)n(C)c1=O. The molecule has 0 aromatic carbocycles. The number of aromatic nitrogens is 4. The first-order valence-corrected chi connectivity index (χ1v) is 8.22. The Bertz CT molecular complexity index is 891. The Morgan fingerprint density at radius 3 is 2.52 bits per heavy atom. The van der Waals surface area contributed by atoms with Gasteiger partial charge in [0.25, 0.3) is 11.6 Å². The third-order valence-electron chi connectivity index (χ3n) is 5.75. The van der Waals surface area contributed by atoms with Gasteiger partial charge in [0.05, 0.1) is 6.61 Å². The van der Waals surface area contributed by atoms with Crippen molar-refractivity contribution in [3.8, 4) is 6.01 Å². The fourth-order valence-electron chi connectivity index (χ4n) is 4.39. The molecule has 2 fully saturated rings. The van der Waals surface area contributed by atoms with Crippen LogP contribution in [0.15, 0.2) is 9.59 Å². The zero-order chi connectivity index (χ0) is 16.3. The van der Waals surface area contributed by atoms with Gasteiger partial charge in [-0.15, -0.1) is 0 Å². The average molecular weight is 318 g/mol. The van der Waals surface area contributed by atoms with E-state index in [1.165, 1.54) is 37.3 Å². The number of nitrogens with zero attached hydrogens (tertiary/aromatic N) is 4. The first-order valence-electron chi connectivity index (χ1n) is 8.22. The molecule has 3 atom stereocenters. The molecule has 0 N–H and O–H groups in total. The van der Waals surface area contributed by atoms with Crippen LogP contribution in [0.2, 0.25) is 0 Å². The molecule has 7 heteroatoms. The molecule has 124 valence electrons. The summed E-state index contributed by atoms with van der Waals surface area (Å²) in [7, 11) is 4.86. The Balaban J connectivity index is 1.67. The summed E-state index contributed by atoms with van der Waals surface area (Å²) in [6.45, 7) is 0.645. The summed E-state index contributed by atoms with van der Waals surface area (Å²) in [5.41, 5.74) is 0.0641. The number of aryl methyl sites for hydroxylation is 2. The van der Waals surface area contributed by atoms with Crippen LogP contribution in [0.1, 0.15) is 25.7 Å². The van der Waals surface area contributed by atoms with Crippen molar-refractivity contribution in [2.75, 3.05) is 6.61 Å². The second-order valence-corrected chi connectivity index (χ2v) is 7.08. The van der Waals surface area contributed by atoms with Crippen LogP contribution >= 0.6 is 0 Å². The highest BCUT2D eigenvalue weighted by molar-refractivity contribution is 5.71. The average Bonchev–Trinajstić information content (AvgIpc) is 3.23. The first-order chi connectivity index (χ1) is 11.0. The Labute approximate surface area is 133 Å². The van der Waals surface area contributed by atoms with Gasteiger partial charge in [0, 0.05) is 21.1 Å². The molecule has 0 amide bonds. The van der Waals surface area contributed by atoms with Crippen molar-refractivity contribution in [1.82, 2.24) is 18.7 Å². The lowest BCUT2D eigenvalue weighted by atomic mass is 9.90. The minimum atomic E-state index is -0.375. The molecule has 0 saturated heterocycles. The summed E-state index contributed by atoms with van der Waals surface area (Å²) in [6, 6.07) is 0.418. The summed E-state index contributed by atoms with van der Waals surface area (Å²) in [6.07, 6.45) is 5.27. The van der Waals surface area contributed by atoms with Gasteiger partial charge in [-0.05, 0) is 37.0 Å². The van der Waals surface area contributed by atoms with Gasteiger partial charge in [0.15, 0.2) is 11.2 Å². The minimum absolute atomic E-state index is 0.340. The van der Waals surface area contributed by atoms with E-state index in [2.05, 4.69) is 4.98 Å². The van der Waals surface area contributed by atoms with Gasteiger partial charge in [-0.2, -0.15) is 4.98 Å². The molecule has 2 aromatic heterocycles. The zero-order valence-electron chi connectivity index (χ0n) is 13.8. The van der Waals surface area contributed by atoms with Crippen molar-refractivity contribution in [2.24, 2.45) is 38.9 Å². The highest BCUT2D eigenvalue weighted by atomic mass is 16.5. The lowest BCUT2D eigenvalue weighted by molar-refractivity contribution is 0.180. The molecule has 2 saturated carbocycles. The van der Waals surface area contributed by atoms with Crippen molar-refractivity contribution in [1.29, 1.82) is 0 Å². The minimum Gasteiger partial charge on any atom is -0.464 e. The van der Waals surface area contributed by atoms with Crippen LogP contribution in [0.3, 0.4) is 0 Å². The number of fused-ring (bicyclic) bond motifs is 3. The van der Waals surface area contributed by atoms with Gasteiger partial charge in [-0.3, -0.25) is 18.5 Å². The summed E-state index contributed by atoms with van der Waals surface area (Å²) in [5.74, 6) is 2.26. The highest BCUT2D eigenvalue weighted by Gasteiger charge is 2.39. The van der Waals surface area contributed by atoms with Crippen molar-refractivity contribution in [3.05, 3.63) is 20.8 Å². The second kappa shape index (κ2) is 4.97. The topological polar surface area (TPSA) is 71.1 Å². The maximum absolute atomic E-state index is 12.3.